The zero-order valence-electron chi connectivity index (χ0n) is 15.1. The fraction of sp³-hybridized carbons (Fsp3) is 0.600. The first-order chi connectivity index (χ1) is 12.7. The molecule has 3 atom stereocenters. The average Bonchev–Trinajstić information content (AvgIpc) is 3.13. The third-order valence-corrected chi connectivity index (χ3v) is 5.85. The lowest BCUT2D eigenvalue weighted by molar-refractivity contribution is -0.117. The standard InChI is InChI=1S/C20H27N3O3/c24-19(18-13-14-4-1-2-7-17(14)22-18)21-16-6-3-5-15(12-16)20(25)23-8-10-26-11-9-23/h3,5-6,12,14,17-18,22H,1-2,4,7-11,13H2,(H,21,24). The molecule has 1 saturated carbocycles. The number of carbonyl (C=O) groups excluding carboxylic acids is 2. The number of morpholine rings is 1. The van der Waals surface area contributed by atoms with Gasteiger partial charge in [0.05, 0.1) is 19.3 Å². The van der Waals surface area contributed by atoms with Crippen LogP contribution < -0.4 is 10.6 Å². The molecular weight excluding hydrogens is 330 g/mol. The molecule has 0 spiro atoms. The highest BCUT2D eigenvalue weighted by Crippen LogP contribution is 2.33. The van der Waals surface area contributed by atoms with E-state index in [9.17, 15) is 9.59 Å². The number of ether oxygens (including phenoxy) is 1. The van der Waals surface area contributed by atoms with Crippen LogP contribution in [0.15, 0.2) is 24.3 Å². The first kappa shape index (κ1) is 17.5. The second kappa shape index (κ2) is 7.76. The van der Waals surface area contributed by atoms with Gasteiger partial charge in [0, 0.05) is 30.4 Å². The molecule has 3 aliphatic rings. The Hall–Kier alpha value is -1.92. The molecule has 1 aromatic carbocycles. The minimum Gasteiger partial charge on any atom is -0.378 e. The van der Waals surface area contributed by atoms with Crippen LogP contribution in [0, 0.1) is 5.92 Å². The van der Waals surface area contributed by atoms with E-state index in [1.54, 1.807) is 17.0 Å². The summed E-state index contributed by atoms with van der Waals surface area (Å²) in [6.07, 6.45) is 5.86. The van der Waals surface area contributed by atoms with Crippen LogP contribution in [0.5, 0.6) is 0 Å². The molecule has 140 valence electrons. The van der Waals surface area contributed by atoms with Crippen molar-refractivity contribution < 1.29 is 14.3 Å². The van der Waals surface area contributed by atoms with E-state index in [-0.39, 0.29) is 17.9 Å². The molecule has 4 rings (SSSR count). The number of carbonyl (C=O) groups is 2. The van der Waals surface area contributed by atoms with Gasteiger partial charge in [-0.25, -0.2) is 0 Å². The molecule has 2 heterocycles. The van der Waals surface area contributed by atoms with Gasteiger partial charge in [0.15, 0.2) is 0 Å². The minimum atomic E-state index is -0.123. The molecular formula is C20H27N3O3. The molecule has 2 saturated heterocycles. The fourth-order valence-electron chi connectivity index (χ4n) is 4.43. The average molecular weight is 357 g/mol. The smallest absolute Gasteiger partial charge is 0.254 e. The van der Waals surface area contributed by atoms with Gasteiger partial charge in [-0.05, 0) is 43.4 Å². The van der Waals surface area contributed by atoms with E-state index in [1.165, 1.54) is 25.7 Å². The van der Waals surface area contributed by atoms with E-state index in [2.05, 4.69) is 10.6 Å². The van der Waals surface area contributed by atoms with Gasteiger partial charge in [-0.1, -0.05) is 18.9 Å². The largest absolute Gasteiger partial charge is 0.378 e. The number of hydrogen-bond acceptors (Lipinski definition) is 4. The fourth-order valence-corrected chi connectivity index (χ4v) is 4.43. The van der Waals surface area contributed by atoms with Gasteiger partial charge in [-0.3, -0.25) is 9.59 Å². The summed E-state index contributed by atoms with van der Waals surface area (Å²) in [5, 5.41) is 6.50. The van der Waals surface area contributed by atoms with E-state index in [1.807, 2.05) is 12.1 Å². The summed E-state index contributed by atoms with van der Waals surface area (Å²) in [5.74, 6) is 0.638. The molecule has 26 heavy (non-hydrogen) atoms. The second-order valence-corrected chi connectivity index (χ2v) is 7.58. The summed E-state index contributed by atoms with van der Waals surface area (Å²) < 4.78 is 5.30. The lowest BCUT2D eigenvalue weighted by Crippen LogP contribution is -2.41. The van der Waals surface area contributed by atoms with Crippen molar-refractivity contribution in [1.82, 2.24) is 10.2 Å². The summed E-state index contributed by atoms with van der Waals surface area (Å²) in [6.45, 7) is 2.39. The van der Waals surface area contributed by atoms with Crippen molar-refractivity contribution in [2.75, 3.05) is 31.6 Å². The Morgan fingerprint density at radius 2 is 1.96 bits per heavy atom. The Balaban J connectivity index is 1.39. The highest BCUT2D eigenvalue weighted by atomic mass is 16.5. The van der Waals surface area contributed by atoms with Gasteiger partial charge in [0.2, 0.25) is 5.91 Å². The number of rotatable bonds is 3. The Labute approximate surface area is 154 Å². The van der Waals surface area contributed by atoms with Crippen LogP contribution in [0.4, 0.5) is 5.69 Å². The molecule has 2 N–H and O–H groups in total. The van der Waals surface area contributed by atoms with Gasteiger partial charge in [0.1, 0.15) is 0 Å². The molecule has 0 radical (unpaired) electrons. The van der Waals surface area contributed by atoms with Crippen LogP contribution in [-0.4, -0.2) is 55.1 Å². The Morgan fingerprint density at radius 1 is 1.15 bits per heavy atom. The summed E-state index contributed by atoms with van der Waals surface area (Å²) in [4.78, 5) is 27.1. The molecule has 0 aromatic heterocycles. The molecule has 1 aliphatic carbocycles. The molecule has 6 heteroatoms. The summed E-state index contributed by atoms with van der Waals surface area (Å²) in [6, 6.07) is 7.62. The molecule has 1 aromatic rings. The number of fused-ring (bicyclic) bond motifs is 1. The summed E-state index contributed by atoms with van der Waals surface area (Å²) in [7, 11) is 0. The Kier molecular flexibility index (Phi) is 5.22. The third-order valence-electron chi connectivity index (χ3n) is 5.85. The van der Waals surface area contributed by atoms with Crippen molar-refractivity contribution in [2.45, 2.75) is 44.2 Å². The van der Waals surface area contributed by atoms with Gasteiger partial charge in [-0.15, -0.1) is 0 Å². The van der Waals surface area contributed by atoms with Gasteiger partial charge < -0.3 is 20.3 Å². The number of benzene rings is 1. The summed E-state index contributed by atoms with van der Waals surface area (Å²) >= 11 is 0. The van der Waals surface area contributed by atoms with Crippen molar-refractivity contribution in [3.8, 4) is 0 Å². The van der Waals surface area contributed by atoms with Crippen LogP contribution in [0.1, 0.15) is 42.5 Å². The van der Waals surface area contributed by atoms with Gasteiger partial charge >= 0.3 is 0 Å². The predicted molar refractivity (Wildman–Crippen MR) is 99.1 cm³/mol. The van der Waals surface area contributed by atoms with E-state index in [4.69, 9.17) is 4.74 Å². The molecule has 2 aliphatic heterocycles. The number of hydrogen-bond donors (Lipinski definition) is 2. The number of anilines is 1. The zero-order chi connectivity index (χ0) is 17.9. The van der Waals surface area contributed by atoms with E-state index >= 15 is 0 Å². The molecule has 2 amide bonds. The zero-order valence-corrected chi connectivity index (χ0v) is 15.1. The number of nitrogens with zero attached hydrogens (tertiary/aromatic N) is 1. The van der Waals surface area contributed by atoms with Crippen molar-refractivity contribution in [3.05, 3.63) is 29.8 Å². The molecule has 0 bridgehead atoms. The van der Waals surface area contributed by atoms with E-state index in [0.29, 0.717) is 49.5 Å². The van der Waals surface area contributed by atoms with Crippen LogP contribution in [-0.2, 0) is 9.53 Å². The van der Waals surface area contributed by atoms with Gasteiger partial charge in [-0.2, -0.15) is 0 Å². The number of nitrogens with one attached hydrogen (secondary N) is 2. The third kappa shape index (κ3) is 3.76. The SMILES string of the molecule is O=C(Nc1cccc(C(=O)N2CCOCC2)c1)C1CC2CCCCC2N1. The first-order valence-electron chi connectivity index (χ1n) is 9.75. The quantitative estimate of drug-likeness (QED) is 0.868. The molecule has 6 nitrogen and oxygen atoms in total. The molecule has 3 fully saturated rings. The Bertz CT molecular complexity index is 658. The monoisotopic (exact) mass is 357 g/mol. The molecule has 3 unspecified atom stereocenters. The van der Waals surface area contributed by atoms with Crippen LogP contribution in [0.2, 0.25) is 0 Å². The van der Waals surface area contributed by atoms with Crippen molar-refractivity contribution in [1.29, 1.82) is 0 Å². The van der Waals surface area contributed by atoms with E-state index < -0.39 is 0 Å². The topological polar surface area (TPSA) is 70.7 Å². The maximum atomic E-state index is 12.7. The van der Waals surface area contributed by atoms with Crippen LogP contribution in [0.3, 0.4) is 0 Å². The maximum absolute atomic E-state index is 12.7. The van der Waals surface area contributed by atoms with E-state index in [0.717, 1.165) is 6.42 Å². The summed E-state index contributed by atoms with van der Waals surface area (Å²) in [5.41, 5.74) is 1.29. The lowest BCUT2D eigenvalue weighted by atomic mass is 9.85. The Morgan fingerprint density at radius 3 is 2.77 bits per heavy atom. The van der Waals surface area contributed by atoms with Crippen LogP contribution >= 0.6 is 0 Å². The predicted octanol–water partition coefficient (Wildman–Crippen LogP) is 2.02. The highest BCUT2D eigenvalue weighted by Gasteiger charge is 2.38. The van der Waals surface area contributed by atoms with Crippen molar-refractivity contribution >= 4 is 17.5 Å². The minimum absolute atomic E-state index is 0.00518. The number of amides is 2. The maximum Gasteiger partial charge on any atom is 0.254 e. The first-order valence-corrected chi connectivity index (χ1v) is 9.75. The second-order valence-electron chi connectivity index (χ2n) is 7.58. The highest BCUT2D eigenvalue weighted by molar-refractivity contribution is 5.98. The van der Waals surface area contributed by atoms with Gasteiger partial charge in [0.25, 0.3) is 5.91 Å². The normalized spacial score (nSPS) is 28.5. The van der Waals surface area contributed by atoms with Crippen molar-refractivity contribution in [3.63, 3.8) is 0 Å². The van der Waals surface area contributed by atoms with Crippen molar-refractivity contribution in [2.24, 2.45) is 5.92 Å². The van der Waals surface area contributed by atoms with Crippen LogP contribution in [0.25, 0.3) is 0 Å². The lowest BCUT2D eigenvalue weighted by Gasteiger charge is -2.27.